The lowest BCUT2D eigenvalue weighted by atomic mass is 10.1. The van der Waals surface area contributed by atoms with E-state index in [9.17, 15) is 9.59 Å². The number of aromatic nitrogens is 2. The summed E-state index contributed by atoms with van der Waals surface area (Å²) in [5, 5.41) is 9.23. The predicted molar refractivity (Wildman–Crippen MR) is 101 cm³/mol. The van der Waals surface area contributed by atoms with Crippen molar-refractivity contribution >= 4 is 39.7 Å². The Balaban J connectivity index is 1.97. The highest BCUT2D eigenvalue weighted by atomic mass is 32.1. The van der Waals surface area contributed by atoms with Crippen LogP contribution in [0.25, 0.3) is 22.4 Å². The number of ether oxygens (including phenoxy) is 1. The molecule has 0 fully saturated rings. The number of nitriles is 1. The molecule has 2 heterocycles. The molecule has 0 bridgehead atoms. The van der Waals surface area contributed by atoms with Crippen LogP contribution >= 0.6 is 11.3 Å². The second-order valence-corrected chi connectivity index (χ2v) is 6.47. The third-order valence-electron chi connectivity index (χ3n) is 3.75. The van der Waals surface area contributed by atoms with Gasteiger partial charge < -0.3 is 9.72 Å². The number of aromatic amines is 1. The Morgan fingerprint density at radius 1 is 1.35 bits per heavy atom. The van der Waals surface area contributed by atoms with E-state index in [4.69, 9.17) is 10.00 Å². The van der Waals surface area contributed by atoms with Crippen molar-refractivity contribution in [3.63, 3.8) is 0 Å². The summed E-state index contributed by atoms with van der Waals surface area (Å²) in [4.78, 5) is 32.4. The lowest BCUT2D eigenvalue weighted by Crippen LogP contribution is -2.10. The summed E-state index contributed by atoms with van der Waals surface area (Å²) in [6.07, 6.45) is 3.47. The topological polar surface area (TPSA) is 95.8 Å². The van der Waals surface area contributed by atoms with E-state index in [-0.39, 0.29) is 12.2 Å². The predicted octanol–water partition coefficient (Wildman–Crippen LogP) is 3.51. The van der Waals surface area contributed by atoms with E-state index in [0.29, 0.717) is 32.0 Å². The minimum Gasteiger partial charge on any atom is -0.462 e. The Hall–Kier alpha value is -3.24. The molecule has 0 radical (unpaired) electrons. The van der Waals surface area contributed by atoms with Crippen LogP contribution in [-0.4, -0.2) is 22.5 Å². The SMILES string of the molecule is CCOC(=O)c1sc2nc(C=Cc3ccc(C#N)cc3)[nH]c(=O)c2c1C. The standard InChI is InChI=1S/C19H15N3O3S/c1-3-25-19(24)16-11(2)15-17(23)21-14(22-18(15)26-16)9-8-12-4-6-13(10-20)7-5-12/h4-9H,3H2,1-2H3,(H,21,22,23). The maximum absolute atomic E-state index is 12.4. The number of benzene rings is 1. The minimum atomic E-state index is -0.443. The normalized spacial score (nSPS) is 11.0. The van der Waals surface area contributed by atoms with Crippen molar-refractivity contribution in [3.8, 4) is 6.07 Å². The molecule has 0 unspecified atom stereocenters. The second-order valence-electron chi connectivity index (χ2n) is 5.48. The summed E-state index contributed by atoms with van der Waals surface area (Å²) in [6, 6.07) is 9.10. The molecule has 0 saturated carbocycles. The van der Waals surface area contributed by atoms with Crippen LogP contribution in [0.2, 0.25) is 0 Å². The number of hydrogen-bond donors (Lipinski definition) is 1. The summed E-state index contributed by atoms with van der Waals surface area (Å²) in [7, 11) is 0. The minimum absolute atomic E-state index is 0.273. The lowest BCUT2D eigenvalue weighted by molar-refractivity contribution is 0.0531. The molecule has 7 heteroatoms. The van der Waals surface area contributed by atoms with Gasteiger partial charge in [-0.25, -0.2) is 9.78 Å². The fourth-order valence-corrected chi connectivity index (χ4v) is 3.56. The van der Waals surface area contributed by atoms with Crippen LogP contribution in [0.3, 0.4) is 0 Å². The number of H-pyrrole nitrogens is 1. The number of aryl methyl sites for hydroxylation is 1. The molecule has 0 spiro atoms. The number of carbonyl (C=O) groups is 1. The Morgan fingerprint density at radius 2 is 2.08 bits per heavy atom. The first-order valence-electron chi connectivity index (χ1n) is 7.92. The van der Waals surface area contributed by atoms with E-state index in [1.165, 1.54) is 0 Å². The first-order valence-corrected chi connectivity index (χ1v) is 8.74. The van der Waals surface area contributed by atoms with Gasteiger partial charge in [0.15, 0.2) is 0 Å². The van der Waals surface area contributed by atoms with Gasteiger partial charge >= 0.3 is 5.97 Å². The molecule has 3 aromatic rings. The Labute approximate surface area is 153 Å². The molecule has 0 aliphatic heterocycles. The molecular formula is C19H15N3O3S. The van der Waals surface area contributed by atoms with Crippen molar-refractivity contribution in [1.29, 1.82) is 5.26 Å². The third kappa shape index (κ3) is 3.41. The summed E-state index contributed by atoms with van der Waals surface area (Å²) < 4.78 is 5.03. The summed E-state index contributed by atoms with van der Waals surface area (Å²) in [5.41, 5.74) is 1.75. The zero-order chi connectivity index (χ0) is 18.7. The first kappa shape index (κ1) is 17.6. The van der Waals surface area contributed by atoms with E-state index in [1.54, 1.807) is 50.3 Å². The van der Waals surface area contributed by atoms with Gasteiger partial charge in [0.25, 0.3) is 5.56 Å². The van der Waals surface area contributed by atoms with Crippen LogP contribution in [0.4, 0.5) is 0 Å². The second kappa shape index (κ2) is 7.33. The molecule has 26 heavy (non-hydrogen) atoms. The van der Waals surface area contributed by atoms with Crippen LogP contribution in [0.15, 0.2) is 29.1 Å². The Morgan fingerprint density at radius 3 is 2.73 bits per heavy atom. The Kier molecular flexibility index (Phi) is 4.96. The average molecular weight is 365 g/mol. The molecule has 6 nitrogen and oxygen atoms in total. The van der Waals surface area contributed by atoms with Crippen LogP contribution in [0, 0.1) is 18.3 Å². The van der Waals surface area contributed by atoms with Gasteiger partial charge in [-0.15, -0.1) is 11.3 Å². The van der Waals surface area contributed by atoms with E-state index in [0.717, 1.165) is 16.9 Å². The maximum atomic E-state index is 12.4. The summed E-state index contributed by atoms with van der Waals surface area (Å²) in [6.45, 7) is 3.72. The molecule has 2 aromatic heterocycles. The molecule has 0 atom stereocenters. The van der Waals surface area contributed by atoms with Crippen molar-refractivity contribution in [2.24, 2.45) is 0 Å². The average Bonchev–Trinajstić information content (AvgIpc) is 2.98. The van der Waals surface area contributed by atoms with Gasteiger partial charge in [-0.3, -0.25) is 4.79 Å². The lowest BCUT2D eigenvalue weighted by Gasteiger charge is -1.98. The molecule has 1 N–H and O–H groups in total. The number of thiophene rings is 1. The number of fused-ring (bicyclic) bond motifs is 1. The van der Waals surface area contributed by atoms with Gasteiger partial charge in [-0.1, -0.05) is 18.2 Å². The zero-order valence-electron chi connectivity index (χ0n) is 14.2. The largest absolute Gasteiger partial charge is 0.462 e. The van der Waals surface area contributed by atoms with Gasteiger partial charge in [0.2, 0.25) is 0 Å². The van der Waals surface area contributed by atoms with Gasteiger partial charge in [-0.05, 0) is 43.2 Å². The van der Waals surface area contributed by atoms with Crippen LogP contribution in [0.1, 0.15) is 39.1 Å². The van der Waals surface area contributed by atoms with E-state index >= 15 is 0 Å². The number of hydrogen-bond acceptors (Lipinski definition) is 6. The Bertz CT molecular complexity index is 1100. The van der Waals surface area contributed by atoms with E-state index in [1.807, 2.05) is 0 Å². The molecular weight excluding hydrogens is 350 g/mol. The van der Waals surface area contributed by atoms with Crippen molar-refractivity contribution in [2.45, 2.75) is 13.8 Å². The molecule has 0 aliphatic rings. The highest BCUT2D eigenvalue weighted by Crippen LogP contribution is 2.27. The highest BCUT2D eigenvalue weighted by Gasteiger charge is 2.19. The number of esters is 1. The molecule has 3 rings (SSSR count). The van der Waals surface area contributed by atoms with Crippen LogP contribution < -0.4 is 5.56 Å². The number of carbonyl (C=O) groups excluding carboxylic acids is 1. The summed E-state index contributed by atoms with van der Waals surface area (Å²) in [5.74, 6) is -0.0504. The van der Waals surface area contributed by atoms with E-state index in [2.05, 4.69) is 16.0 Å². The van der Waals surface area contributed by atoms with Crippen molar-refractivity contribution in [3.05, 3.63) is 62.0 Å². The van der Waals surface area contributed by atoms with Crippen molar-refractivity contribution in [1.82, 2.24) is 9.97 Å². The highest BCUT2D eigenvalue weighted by molar-refractivity contribution is 7.20. The monoisotopic (exact) mass is 365 g/mol. The van der Waals surface area contributed by atoms with E-state index < -0.39 is 5.97 Å². The fraction of sp³-hybridized carbons (Fsp3) is 0.158. The van der Waals surface area contributed by atoms with Crippen LogP contribution in [-0.2, 0) is 4.74 Å². The zero-order valence-corrected chi connectivity index (χ0v) is 15.0. The quantitative estimate of drug-likeness (QED) is 0.714. The van der Waals surface area contributed by atoms with Crippen molar-refractivity contribution in [2.75, 3.05) is 6.61 Å². The molecule has 130 valence electrons. The molecule has 1 aromatic carbocycles. The number of nitrogens with one attached hydrogen (secondary N) is 1. The third-order valence-corrected chi connectivity index (χ3v) is 4.92. The number of rotatable bonds is 4. The summed E-state index contributed by atoms with van der Waals surface area (Å²) >= 11 is 1.15. The van der Waals surface area contributed by atoms with Gasteiger partial charge in [0.05, 0.1) is 23.6 Å². The molecule has 0 aliphatic carbocycles. The van der Waals surface area contributed by atoms with Gasteiger partial charge in [-0.2, -0.15) is 5.26 Å². The fourth-order valence-electron chi connectivity index (χ4n) is 2.47. The molecule has 0 amide bonds. The van der Waals surface area contributed by atoms with Gasteiger partial charge in [0.1, 0.15) is 15.5 Å². The molecule has 0 saturated heterocycles. The first-order chi connectivity index (χ1) is 12.5. The van der Waals surface area contributed by atoms with Crippen molar-refractivity contribution < 1.29 is 9.53 Å². The van der Waals surface area contributed by atoms with Crippen LogP contribution in [0.5, 0.6) is 0 Å². The number of nitrogens with zero attached hydrogens (tertiary/aromatic N) is 2. The van der Waals surface area contributed by atoms with Gasteiger partial charge in [0, 0.05) is 0 Å². The smallest absolute Gasteiger partial charge is 0.348 e. The maximum Gasteiger partial charge on any atom is 0.348 e.